The summed E-state index contributed by atoms with van der Waals surface area (Å²) in [5, 5.41) is 12.3. The summed E-state index contributed by atoms with van der Waals surface area (Å²) >= 11 is 1.45. The van der Waals surface area contributed by atoms with Gasteiger partial charge in [-0.15, -0.1) is 29.4 Å². The summed E-state index contributed by atoms with van der Waals surface area (Å²) < 4.78 is 41.0. The molecule has 2 atom stereocenters. The summed E-state index contributed by atoms with van der Waals surface area (Å²) in [6.45, 7) is -0.554. The fraction of sp³-hybridized carbons (Fsp3) is 0.600. The quantitative estimate of drug-likeness (QED) is 0.654. The van der Waals surface area contributed by atoms with Crippen molar-refractivity contribution in [2.24, 2.45) is 0 Å². The third kappa shape index (κ3) is 6.43. The lowest BCUT2D eigenvalue weighted by Gasteiger charge is -2.21. The zero-order chi connectivity index (χ0) is 15.0. The van der Waals surface area contributed by atoms with Crippen LogP contribution in [0.15, 0.2) is 17.5 Å². The maximum Gasteiger partial charge on any atom is 0.697 e. The van der Waals surface area contributed by atoms with Crippen molar-refractivity contribution < 1.29 is 32.3 Å². The van der Waals surface area contributed by atoms with Gasteiger partial charge in [-0.1, -0.05) is 6.07 Å². The van der Waals surface area contributed by atoms with Gasteiger partial charge in [0.25, 0.3) is 0 Å². The van der Waals surface area contributed by atoms with Crippen LogP contribution in [0.5, 0.6) is 0 Å². The molecule has 20 heavy (non-hydrogen) atoms. The van der Waals surface area contributed by atoms with Gasteiger partial charge in [-0.05, 0) is 11.4 Å². The van der Waals surface area contributed by atoms with Crippen molar-refractivity contribution in [1.29, 1.82) is 0 Å². The average Bonchev–Trinajstić information content (AvgIpc) is 2.95. The minimum atomic E-state index is -2.30. The second-order valence-electron chi connectivity index (χ2n) is 3.84. The highest BCUT2D eigenvalue weighted by molar-refractivity contribution is 7.33. The maximum atomic E-state index is 11.1. The summed E-state index contributed by atoms with van der Waals surface area (Å²) in [6, 6.07) is 3.68. The largest absolute Gasteiger partial charge is 0.697 e. The van der Waals surface area contributed by atoms with E-state index in [1.807, 2.05) is 17.5 Å². The van der Waals surface area contributed by atoms with E-state index in [1.54, 1.807) is 0 Å². The van der Waals surface area contributed by atoms with Crippen LogP contribution in [0.25, 0.3) is 0 Å². The molecule has 112 valence electrons. The van der Waals surface area contributed by atoms with E-state index in [0.29, 0.717) is 0 Å². The molecule has 0 amide bonds. The predicted octanol–water partition coefficient (Wildman–Crippen LogP) is 2.66. The first-order valence-corrected chi connectivity index (χ1v) is 8.59. The van der Waals surface area contributed by atoms with Crippen LogP contribution in [-0.2, 0) is 33.6 Å². The maximum absolute atomic E-state index is 11.1. The predicted molar refractivity (Wildman–Crippen MR) is 74.1 cm³/mol. The first-order chi connectivity index (χ1) is 9.49. The van der Waals surface area contributed by atoms with E-state index in [4.69, 9.17) is 9.05 Å². The van der Waals surface area contributed by atoms with E-state index < -0.39 is 22.1 Å². The molecule has 1 aromatic heterocycles. The van der Waals surface area contributed by atoms with E-state index in [1.165, 1.54) is 25.6 Å². The molecule has 0 fully saturated rings. The van der Waals surface area contributed by atoms with Crippen LogP contribution < -0.4 is 0 Å². The van der Waals surface area contributed by atoms with Gasteiger partial charge in [-0.2, -0.15) is 0 Å². The third-order valence-corrected chi connectivity index (χ3v) is 4.41. The number of rotatable bonds is 10. The topological polar surface area (TPSA) is 91.3 Å². The number of aliphatic hydroxyl groups is 1. The first kappa shape index (κ1) is 17.8. The minimum Gasteiger partial charge on any atom is -0.384 e. The van der Waals surface area contributed by atoms with Crippen LogP contribution in [0.4, 0.5) is 0 Å². The smallest absolute Gasteiger partial charge is 0.384 e. The molecule has 0 radical (unpaired) electrons. The summed E-state index contributed by atoms with van der Waals surface area (Å²) in [6.07, 6.45) is 0.213. The molecule has 7 nitrogen and oxygen atoms in total. The highest BCUT2D eigenvalue weighted by Gasteiger charge is 2.37. The Morgan fingerprint density at radius 1 is 1.20 bits per heavy atom. The summed E-state index contributed by atoms with van der Waals surface area (Å²) in [4.78, 5) is 0.889. The molecular formula is C10H16O7P2S+2. The van der Waals surface area contributed by atoms with Crippen LogP contribution in [0.1, 0.15) is 4.88 Å². The van der Waals surface area contributed by atoms with Gasteiger partial charge >= 0.3 is 16.5 Å². The van der Waals surface area contributed by atoms with Gasteiger partial charge < -0.3 is 5.11 Å². The van der Waals surface area contributed by atoms with E-state index in [9.17, 15) is 14.2 Å². The molecule has 0 aliphatic carbocycles. The van der Waals surface area contributed by atoms with E-state index >= 15 is 0 Å². The SMILES string of the molecule is CO[P+](=O)OCC(O)(CO[P+](=O)OC)Cc1cccs1. The van der Waals surface area contributed by atoms with Gasteiger partial charge in [-0.3, -0.25) is 0 Å². The molecule has 0 saturated heterocycles. The Morgan fingerprint density at radius 2 is 1.75 bits per heavy atom. The fourth-order valence-electron chi connectivity index (χ4n) is 1.33. The van der Waals surface area contributed by atoms with E-state index in [-0.39, 0.29) is 19.6 Å². The Balaban J connectivity index is 2.65. The van der Waals surface area contributed by atoms with Crippen LogP contribution >= 0.6 is 27.8 Å². The zero-order valence-electron chi connectivity index (χ0n) is 11.1. The zero-order valence-corrected chi connectivity index (χ0v) is 13.7. The van der Waals surface area contributed by atoms with Crippen LogP contribution in [-0.4, -0.2) is 38.1 Å². The van der Waals surface area contributed by atoms with Crippen molar-refractivity contribution in [3.8, 4) is 0 Å². The molecule has 0 aliphatic rings. The molecule has 1 aromatic rings. The molecule has 0 aromatic carbocycles. The van der Waals surface area contributed by atoms with Crippen LogP contribution in [0, 0.1) is 0 Å². The van der Waals surface area contributed by atoms with Crippen molar-refractivity contribution in [3.63, 3.8) is 0 Å². The second-order valence-corrected chi connectivity index (χ2v) is 7.01. The number of thiophene rings is 1. The second kappa shape index (κ2) is 8.87. The first-order valence-electron chi connectivity index (χ1n) is 5.52. The Kier molecular flexibility index (Phi) is 7.87. The highest BCUT2D eigenvalue weighted by Crippen LogP contribution is 2.30. The molecule has 1 N–H and O–H groups in total. The van der Waals surface area contributed by atoms with E-state index in [2.05, 4.69) is 9.05 Å². The molecule has 1 rings (SSSR count). The molecule has 0 saturated carbocycles. The van der Waals surface area contributed by atoms with Gasteiger partial charge in [0.1, 0.15) is 18.8 Å². The average molecular weight is 342 g/mol. The molecule has 0 spiro atoms. The highest BCUT2D eigenvalue weighted by atomic mass is 32.1. The Labute approximate surface area is 122 Å². The molecular weight excluding hydrogens is 326 g/mol. The summed E-state index contributed by atoms with van der Waals surface area (Å²) in [5.74, 6) is 0. The molecule has 2 unspecified atom stereocenters. The van der Waals surface area contributed by atoms with Crippen molar-refractivity contribution in [3.05, 3.63) is 22.4 Å². The molecule has 1 heterocycles. The lowest BCUT2D eigenvalue weighted by molar-refractivity contribution is -0.0407. The Hall–Kier alpha value is -0.300. The van der Waals surface area contributed by atoms with Gasteiger partial charge in [0.15, 0.2) is 0 Å². The lowest BCUT2D eigenvalue weighted by Crippen LogP contribution is -2.40. The number of hydrogen-bond acceptors (Lipinski definition) is 8. The van der Waals surface area contributed by atoms with Gasteiger partial charge in [0.2, 0.25) is 0 Å². The Morgan fingerprint density at radius 3 is 2.15 bits per heavy atom. The van der Waals surface area contributed by atoms with Gasteiger partial charge in [0.05, 0.1) is 14.2 Å². The summed E-state index contributed by atoms with van der Waals surface area (Å²) in [5.41, 5.74) is -1.47. The van der Waals surface area contributed by atoms with E-state index in [0.717, 1.165) is 4.88 Å². The van der Waals surface area contributed by atoms with Crippen molar-refractivity contribution >= 4 is 27.8 Å². The fourth-order valence-corrected chi connectivity index (χ4v) is 3.08. The van der Waals surface area contributed by atoms with Crippen molar-refractivity contribution in [2.75, 3.05) is 27.4 Å². The molecule has 10 heteroatoms. The third-order valence-electron chi connectivity index (χ3n) is 2.26. The summed E-state index contributed by atoms with van der Waals surface area (Å²) in [7, 11) is -2.14. The van der Waals surface area contributed by atoms with Crippen LogP contribution in [0.3, 0.4) is 0 Å². The lowest BCUT2D eigenvalue weighted by atomic mass is 10.0. The number of hydrogen-bond donors (Lipinski definition) is 1. The monoisotopic (exact) mass is 342 g/mol. The van der Waals surface area contributed by atoms with Crippen molar-refractivity contribution in [1.82, 2.24) is 0 Å². The molecule has 0 aliphatic heterocycles. The van der Waals surface area contributed by atoms with Gasteiger partial charge in [0, 0.05) is 20.4 Å². The minimum absolute atomic E-state index is 0.213. The molecule has 0 bridgehead atoms. The normalized spacial score (nSPS) is 15.8. The van der Waals surface area contributed by atoms with Gasteiger partial charge in [-0.25, -0.2) is 0 Å². The Bertz CT molecular complexity index is 417. The van der Waals surface area contributed by atoms with Crippen molar-refractivity contribution in [2.45, 2.75) is 12.0 Å². The van der Waals surface area contributed by atoms with Crippen LogP contribution in [0.2, 0.25) is 0 Å². The standard InChI is InChI=1S/C10H16O7P2S/c1-14-18(12)16-7-10(11,8-17-19(13)15-2)6-9-4-3-5-20-9/h3-5,11H,6-8H2,1-2H3/q+2.